The molecule has 2 aromatic heterocycles. The quantitative estimate of drug-likeness (QED) is 0.558. The minimum Gasteiger partial charge on any atom is -0.366 e. The molecule has 2 heterocycles. The van der Waals surface area contributed by atoms with Gasteiger partial charge in [-0.2, -0.15) is 5.10 Å². The summed E-state index contributed by atoms with van der Waals surface area (Å²) >= 11 is 1.76. The molecular formula is C18H17N5OS. The van der Waals surface area contributed by atoms with E-state index in [-0.39, 0.29) is 0 Å². The molecule has 7 heteroatoms. The highest BCUT2D eigenvalue weighted by atomic mass is 32.1. The van der Waals surface area contributed by atoms with Gasteiger partial charge in [-0.25, -0.2) is 9.97 Å². The molecule has 3 N–H and O–H groups in total. The fourth-order valence-electron chi connectivity index (χ4n) is 3.08. The number of primary amides is 1. The van der Waals surface area contributed by atoms with Gasteiger partial charge < -0.3 is 5.73 Å². The Kier molecular flexibility index (Phi) is 4.15. The number of hydrogen-bond acceptors (Lipinski definition) is 6. The first kappa shape index (κ1) is 15.7. The number of rotatable bonds is 4. The maximum Gasteiger partial charge on any atom is 0.248 e. The number of amides is 1. The van der Waals surface area contributed by atoms with Crippen LogP contribution in [0.5, 0.6) is 0 Å². The van der Waals surface area contributed by atoms with E-state index in [1.54, 1.807) is 48.1 Å². The Labute approximate surface area is 148 Å². The SMILES string of the molecule is NC(=O)c1ccc(/C=N/Nc2ncnc3sc4c(c23)CCCC4)cc1. The highest BCUT2D eigenvalue weighted by Gasteiger charge is 2.19. The summed E-state index contributed by atoms with van der Waals surface area (Å²) in [6.45, 7) is 0. The summed E-state index contributed by atoms with van der Waals surface area (Å²) in [4.78, 5) is 22.3. The van der Waals surface area contributed by atoms with E-state index in [1.165, 1.54) is 23.3 Å². The molecule has 1 aliphatic carbocycles. The van der Waals surface area contributed by atoms with Crippen molar-refractivity contribution in [1.29, 1.82) is 0 Å². The molecule has 0 aliphatic heterocycles. The molecule has 1 aliphatic rings. The molecule has 0 atom stereocenters. The Bertz CT molecular complexity index is 962. The van der Waals surface area contributed by atoms with E-state index in [9.17, 15) is 4.79 Å². The third-order valence-electron chi connectivity index (χ3n) is 4.33. The van der Waals surface area contributed by atoms with Crippen molar-refractivity contribution in [1.82, 2.24) is 9.97 Å². The molecule has 0 spiro atoms. The molecule has 4 rings (SSSR count). The van der Waals surface area contributed by atoms with Gasteiger partial charge in [0.25, 0.3) is 0 Å². The first-order valence-electron chi connectivity index (χ1n) is 8.16. The lowest BCUT2D eigenvalue weighted by atomic mass is 9.97. The van der Waals surface area contributed by atoms with Crippen molar-refractivity contribution in [3.05, 3.63) is 52.2 Å². The second-order valence-electron chi connectivity index (χ2n) is 5.97. The van der Waals surface area contributed by atoms with Crippen LogP contribution in [0.25, 0.3) is 10.2 Å². The number of nitrogens with one attached hydrogen (secondary N) is 1. The monoisotopic (exact) mass is 351 g/mol. The van der Waals surface area contributed by atoms with Gasteiger partial charge in [0.05, 0.1) is 11.6 Å². The van der Waals surface area contributed by atoms with Crippen LogP contribution in [-0.2, 0) is 12.8 Å². The maximum absolute atomic E-state index is 11.1. The summed E-state index contributed by atoms with van der Waals surface area (Å²) in [5.74, 6) is 0.307. The van der Waals surface area contributed by atoms with Gasteiger partial charge in [0.1, 0.15) is 11.2 Å². The van der Waals surface area contributed by atoms with Crippen molar-refractivity contribution < 1.29 is 4.79 Å². The number of fused-ring (bicyclic) bond motifs is 3. The average Bonchev–Trinajstić information content (AvgIpc) is 3.01. The number of nitrogens with two attached hydrogens (primary N) is 1. The van der Waals surface area contributed by atoms with Crippen molar-refractivity contribution in [2.45, 2.75) is 25.7 Å². The predicted molar refractivity (Wildman–Crippen MR) is 100 cm³/mol. The molecule has 126 valence electrons. The zero-order valence-corrected chi connectivity index (χ0v) is 14.3. The van der Waals surface area contributed by atoms with Gasteiger partial charge in [-0.1, -0.05) is 12.1 Å². The largest absolute Gasteiger partial charge is 0.366 e. The van der Waals surface area contributed by atoms with Crippen LogP contribution in [0.4, 0.5) is 5.82 Å². The van der Waals surface area contributed by atoms with Gasteiger partial charge in [-0.15, -0.1) is 11.3 Å². The number of hydrogen-bond donors (Lipinski definition) is 2. The number of anilines is 1. The molecule has 6 nitrogen and oxygen atoms in total. The van der Waals surface area contributed by atoms with Gasteiger partial charge in [-0.3, -0.25) is 10.2 Å². The third-order valence-corrected chi connectivity index (χ3v) is 5.53. The summed E-state index contributed by atoms with van der Waals surface area (Å²) in [7, 11) is 0. The fourth-order valence-corrected chi connectivity index (χ4v) is 4.31. The molecule has 0 fully saturated rings. The predicted octanol–water partition coefficient (Wildman–Crippen LogP) is 3.12. The highest BCUT2D eigenvalue weighted by molar-refractivity contribution is 7.19. The minimum atomic E-state index is -0.438. The highest BCUT2D eigenvalue weighted by Crippen LogP contribution is 2.38. The molecule has 1 aromatic carbocycles. The van der Waals surface area contributed by atoms with E-state index < -0.39 is 5.91 Å². The summed E-state index contributed by atoms with van der Waals surface area (Å²) in [5, 5.41) is 5.39. The summed E-state index contributed by atoms with van der Waals surface area (Å²) in [6.07, 6.45) is 7.93. The third kappa shape index (κ3) is 3.10. The molecule has 1 amide bonds. The number of aryl methyl sites for hydroxylation is 2. The first-order chi connectivity index (χ1) is 12.2. The number of nitrogens with zero attached hydrogens (tertiary/aromatic N) is 3. The molecule has 0 saturated heterocycles. The standard InChI is InChI=1S/C18H17N5OS/c19-16(24)12-7-5-11(6-8-12)9-22-23-17-15-13-3-1-2-4-14(13)25-18(15)21-10-20-17/h5-10H,1-4H2,(H2,19,24)(H,20,21,23)/b22-9+. The van der Waals surface area contributed by atoms with Crippen LogP contribution >= 0.6 is 11.3 Å². The fraction of sp³-hybridized carbons (Fsp3) is 0.222. The number of thiophene rings is 1. The van der Waals surface area contributed by atoms with Crippen molar-refractivity contribution in [2.75, 3.05) is 5.43 Å². The molecule has 3 aromatic rings. The average molecular weight is 351 g/mol. The van der Waals surface area contributed by atoms with Gasteiger partial charge in [0, 0.05) is 10.4 Å². The van der Waals surface area contributed by atoms with Crippen molar-refractivity contribution in [3.8, 4) is 0 Å². The summed E-state index contributed by atoms with van der Waals surface area (Å²) in [5.41, 5.74) is 11.0. The molecule has 0 radical (unpaired) electrons. The van der Waals surface area contributed by atoms with E-state index in [1.807, 2.05) is 0 Å². The smallest absolute Gasteiger partial charge is 0.248 e. The first-order valence-corrected chi connectivity index (χ1v) is 8.98. The van der Waals surface area contributed by atoms with Crippen LogP contribution < -0.4 is 11.2 Å². The number of aromatic nitrogens is 2. The van der Waals surface area contributed by atoms with Crippen LogP contribution in [-0.4, -0.2) is 22.1 Å². The second-order valence-corrected chi connectivity index (χ2v) is 7.05. The lowest BCUT2D eigenvalue weighted by Crippen LogP contribution is -2.10. The topological polar surface area (TPSA) is 93.3 Å². The Morgan fingerprint density at radius 2 is 2.00 bits per heavy atom. The number of hydrazone groups is 1. The Hall–Kier alpha value is -2.80. The van der Waals surface area contributed by atoms with Gasteiger partial charge in [0.2, 0.25) is 5.91 Å². The van der Waals surface area contributed by atoms with Crippen molar-refractivity contribution >= 4 is 39.5 Å². The number of benzene rings is 1. The lowest BCUT2D eigenvalue weighted by molar-refractivity contribution is 0.100. The van der Waals surface area contributed by atoms with E-state index in [4.69, 9.17) is 5.73 Å². The van der Waals surface area contributed by atoms with E-state index >= 15 is 0 Å². The Balaban J connectivity index is 1.58. The van der Waals surface area contributed by atoms with Crippen molar-refractivity contribution in [2.24, 2.45) is 10.8 Å². The van der Waals surface area contributed by atoms with Crippen LogP contribution in [0.15, 0.2) is 35.7 Å². The molecule has 25 heavy (non-hydrogen) atoms. The Morgan fingerprint density at radius 1 is 1.20 bits per heavy atom. The molecule has 0 bridgehead atoms. The molecular weight excluding hydrogens is 334 g/mol. The van der Waals surface area contributed by atoms with Crippen LogP contribution in [0.2, 0.25) is 0 Å². The van der Waals surface area contributed by atoms with E-state index in [0.717, 1.165) is 34.4 Å². The normalized spacial score (nSPS) is 13.9. The zero-order valence-electron chi connectivity index (χ0n) is 13.5. The van der Waals surface area contributed by atoms with Crippen LogP contribution in [0, 0.1) is 0 Å². The van der Waals surface area contributed by atoms with E-state index in [2.05, 4.69) is 20.5 Å². The number of carbonyl (C=O) groups is 1. The summed E-state index contributed by atoms with van der Waals surface area (Å²) in [6, 6.07) is 6.96. The van der Waals surface area contributed by atoms with Crippen LogP contribution in [0.1, 0.15) is 39.2 Å². The zero-order chi connectivity index (χ0) is 17.2. The summed E-state index contributed by atoms with van der Waals surface area (Å²) < 4.78 is 0. The molecule has 0 unspecified atom stereocenters. The number of carbonyl (C=O) groups excluding carboxylic acids is 1. The Morgan fingerprint density at radius 3 is 2.80 bits per heavy atom. The minimum absolute atomic E-state index is 0.438. The van der Waals surface area contributed by atoms with E-state index in [0.29, 0.717) is 5.56 Å². The van der Waals surface area contributed by atoms with Crippen LogP contribution in [0.3, 0.4) is 0 Å². The van der Waals surface area contributed by atoms with Gasteiger partial charge in [0.15, 0.2) is 5.82 Å². The van der Waals surface area contributed by atoms with Gasteiger partial charge in [-0.05, 0) is 48.9 Å². The van der Waals surface area contributed by atoms with Gasteiger partial charge >= 0.3 is 0 Å². The lowest BCUT2D eigenvalue weighted by Gasteiger charge is -2.11. The van der Waals surface area contributed by atoms with Crippen molar-refractivity contribution in [3.63, 3.8) is 0 Å². The molecule has 0 saturated carbocycles. The maximum atomic E-state index is 11.1. The second kappa shape index (κ2) is 6.60.